The minimum absolute atomic E-state index is 0.140. The van der Waals surface area contributed by atoms with Gasteiger partial charge in [-0.05, 0) is 12.1 Å². The first-order chi connectivity index (χ1) is 8.25. The topological polar surface area (TPSA) is 55.6 Å². The molecule has 2 rings (SSSR count). The van der Waals surface area contributed by atoms with Crippen molar-refractivity contribution < 1.29 is 9.66 Å². The quantitative estimate of drug-likeness (QED) is 0.467. The molecule has 0 amide bonds. The Morgan fingerprint density at radius 1 is 1.29 bits per heavy atom. The zero-order chi connectivity index (χ0) is 12.1. The van der Waals surface area contributed by atoms with Gasteiger partial charge < -0.3 is 4.74 Å². The lowest BCUT2D eigenvalue weighted by molar-refractivity contribution is -0.384. The number of hydrogen-bond acceptors (Lipinski definition) is 5. The van der Waals surface area contributed by atoms with Crippen LogP contribution in [0.5, 0.6) is 0 Å². The van der Waals surface area contributed by atoms with Crippen molar-refractivity contribution >= 4 is 17.4 Å². The molecule has 1 aromatic carbocycles. The van der Waals surface area contributed by atoms with Crippen LogP contribution >= 0.6 is 11.8 Å². The van der Waals surface area contributed by atoms with E-state index >= 15 is 0 Å². The lowest BCUT2D eigenvalue weighted by Crippen LogP contribution is -2.35. The fourth-order valence-electron chi connectivity index (χ4n) is 1.56. The van der Waals surface area contributed by atoms with E-state index in [4.69, 9.17) is 4.74 Å². The molecule has 5 nitrogen and oxygen atoms in total. The summed E-state index contributed by atoms with van der Waals surface area (Å²) in [5.74, 6) is 0.904. The summed E-state index contributed by atoms with van der Waals surface area (Å²) in [6, 6.07) is 6.68. The number of thioether (sulfide) groups is 1. The lowest BCUT2D eigenvalue weighted by Gasteiger charge is -2.25. The normalized spacial score (nSPS) is 16.9. The van der Waals surface area contributed by atoms with E-state index in [9.17, 15) is 10.1 Å². The van der Waals surface area contributed by atoms with Crippen LogP contribution in [-0.2, 0) is 4.74 Å². The number of hydrogen-bond donors (Lipinski definition) is 0. The molecule has 0 saturated carbocycles. The Balaban J connectivity index is 1.84. The van der Waals surface area contributed by atoms with E-state index in [0.717, 1.165) is 37.1 Å². The number of rotatable bonds is 4. The Hall–Kier alpha value is -1.11. The van der Waals surface area contributed by atoms with Gasteiger partial charge in [0.1, 0.15) is 0 Å². The van der Waals surface area contributed by atoms with Crippen LogP contribution in [0, 0.1) is 10.1 Å². The summed E-state index contributed by atoms with van der Waals surface area (Å²) in [6.07, 6.45) is 0. The van der Waals surface area contributed by atoms with Crippen LogP contribution in [0.15, 0.2) is 29.2 Å². The van der Waals surface area contributed by atoms with Gasteiger partial charge in [-0.2, -0.15) is 0 Å². The van der Waals surface area contributed by atoms with Crippen LogP contribution in [0.3, 0.4) is 0 Å². The average molecular weight is 254 g/mol. The summed E-state index contributed by atoms with van der Waals surface area (Å²) in [4.78, 5) is 13.5. The molecule has 0 aliphatic carbocycles. The van der Waals surface area contributed by atoms with Gasteiger partial charge in [0.15, 0.2) is 0 Å². The SMILES string of the molecule is O=[N+]([O-])c1ccc(SCN2CCOCC2)cc1. The van der Waals surface area contributed by atoms with E-state index in [1.807, 2.05) is 0 Å². The van der Waals surface area contributed by atoms with Crippen molar-refractivity contribution in [3.8, 4) is 0 Å². The van der Waals surface area contributed by atoms with Crippen molar-refractivity contribution in [1.29, 1.82) is 0 Å². The number of ether oxygens (including phenoxy) is 1. The summed E-state index contributed by atoms with van der Waals surface area (Å²) in [5.41, 5.74) is 0.140. The van der Waals surface area contributed by atoms with Crippen molar-refractivity contribution in [2.24, 2.45) is 0 Å². The molecule has 1 aromatic rings. The zero-order valence-electron chi connectivity index (χ0n) is 9.37. The van der Waals surface area contributed by atoms with Gasteiger partial charge in [0.2, 0.25) is 0 Å². The van der Waals surface area contributed by atoms with Crippen LogP contribution < -0.4 is 0 Å². The van der Waals surface area contributed by atoms with Crippen LogP contribution in [0.2, 0.25) is 0 Å². The van der Waals surface area contributed by atoms with Gasteiger partial charge in [0, 0.05) is 36.0 Å². The smallest absolute Gasteiger partial charge is 0.269 e. The first-order valence-electron chi connectivity index (χ1n) is 5.43. The van der Waals surface area contributed by atoms with Crippen molar-refractivity contribution in [1.82, 2.24) is 4.90 Å². The standard InChI is InChI=1S/C11H14N2O3S/c14-13(15)10-1-3-11(4-2-10)17-9-12-5-7-16-8-6-12/h1-4H,5-9H2. The molecule has 0 atom stereocenters. The molecule has 0 N–H and O–H groups in total. The lowest BCUT2D eigenvalue weighted by atomic mass is 10.3. The molecule has 1 aliphatic heterocycles. The fourth-order valence-corrected chi connectivity index (χ4v) is 2.48. The first-order valence-corrected chi connectivity index (χ1v) is 6.41. The minimum atomic E-state index is -0.379. The number of morpholine rings is 1. The number of nitro benzene ring substituents is 1. The molecule has 1 aliphatic rings. The predicted octanol–water partition coefficient (Wildman–Crippen LogP) is 1.98. The fraction of sp³-hybridized carbons (Fsp3) is 0.455. The molecule has 6 heteroatoms. The third kappa shape index (κ3) is 3.69. The van der Waals surface area contributed by atoms with Gasteiger partial charge in [-0.3, -0.25) is 15.0 Å². The highest BCUT2D eigenvalue weighted by atomic mass is 32.2. The van der Waals surface area contributed by atoms with E-state index < -0.39 is 0 Å². The maximum atomic E-state index is 10.5. The van der Waals surface area contributed by atoms with E-state index in [-0.39, 0.29) is 10.6 Å². The van der Waals surface area contributed by atoms with Crippen molar-refractivity contribution in [3.05, 3.63) is 34.4 Å². The molecule has 17 heavy (non-hydrogen) atoms. The summed E-state index contributed by atoms with van der Waals surface area (Å²) in [7, 11) is 0. The zero-order valence-corrected chi connectivity index (χ0v) is 10.2. The number of benzene rings is 1. The monoisotopic (exact) mass is 254 g/mol. The Bertz CT molecular complexity index is 377. The Kier molecular flexibility index (Phi) is 4.36. The summed E-state index contributed by atoms with van der Waals surface area (Å²) in [6.45, 7) is 3.50. The molecule has 0 unspecified atom stereocenters. The molecule has 0 aromatic heterocycles. The van der Waals surface area contributed by atoms with Crippen LogP contribution in [0.4, 0.5) is 5.69 Å². The molecular formula is C11H14N2O3S. The molecular weight excluding hydrogens is 240 g/mol. The van der Waals surface area contributed by atoms with Gasteiger partial charge in [0.25, 0.3) is 5.69 Å². The molecule has 0 bridgehead atoms. The van der Waals surface area contributed by atoms with Gasteiger partial charge >= 0.3 is 0 Å². The van der Waals surface area contributed by atoms with Gasteiger partial charge in [0.05, 0.1) is 18.1 Å². The number of nitro groups is 1. The molecule has 1 heterocycles. The van der Waals surface area contributed by atoms with E-state index in [1.165, 1.54) is 0 Å². The Labute approximate surface area is 104 Å². The maximum Gasteiger partial charge on any atom is 0.269 e. The highest BCUT2D eigenvalue weighted by Crippen LogP contribution is 2.22. The number of nitrogens with zero attached hydrogens (tertiary/aromatic N) is 2. The second-order valence-corrected chi connectivity index (χ2v) is 4.77. The minimum Gasteiger partial charge on any atom is -0.379 e. The maximum absolute atomic E-state index is 10.5. The number of non-ortho nitro benzene ring substituents is 1. The Morgan fingerprint density at radius 2 is 1.94 bits per heavy atom. The summed E-state index contributed by atoms with van der Waals surface area (Å²) < 4.78 is 5.27. The molecule has 92 valence electrons. The third-order valence-electron chi connectivity index (χ3n) is 2.57. The van der Waals surface area contributed by atoms with E-state index in [2.05, 4.69) is 4.90 Å². The molecule has 1 saturated heterocycles. The van der Waals surface area contributed by atoms with E-state index in [1.54, 1.807) is 36.0 Å². The summed E-state index contributed by atoms with van der Waals surface area (Å²) in [5, 5.41) is 10.5. The van der Waals surface area contributed by atoms with Crippen molar-refractivity contribution in [2.45, 2.75) is 4.90 Å². The van der Waals surface area contributed by atoms with Crippen LogP contribution in [-0.4, -0.2) is 42.0 Å². The predicted molar refractivity (Wildman–Crippen MR) is 66.2 cm³/mol. The highest BCUT2D eigenvalue weighted by molar-refractivity contribution is 7.99. The first kappa shape index (κ1) is 12.3. The average Bonchev–Trinajstić information content (AvgIpc) is 2.38. The van der Waals surface area contributed by atoms with Gasteiger partial charge in [-0.25, -0.2) is 0 Å². The van der Waals surface area contributed by atoms with Gasteiger partial charge in [-0.15, -0.1) is 11.8 Å². The second-order valence-electron chi connectivity index (χ2n) is 3.75. The van der Waals surface area contributed by atoms with E-state index in [0.29, 0.717) is 0 Å². The van der Waals surface area contributed by atoms with Gasteiger partial charge in [-0.1, -0.05) is 0 Å². The largest absolute Gasteiger partial charge is 0.379 e. The van der Waals surface area contributed by atoms with Crippen LogP contribution in [0.25, 0.3) is 0 Å². The van der Waals surface area contributed by atoms with Crippen LogP contribution in [0.1, 0.15) is 0 Å². The second kappa shape index (κ2) is 6.00. The van der Waals surface area contributed by atoms with Crippen molar-refractivity contribution in [3.63, 3.8) is 0 Å². The molecule has 0 spiro atoms. The molecule has 1 fully saturated rings. The third-order valence-corrected chi connectivity index (χ3v) is 3.66. The Morgan fingerprint density at radius 3 is 2.53 bits per heavy atom. The highest BCUT2D eigenvalue weighted by Gasteiger charge is 2.10. The molecule has 0 radical (unpaired) electrons. The summed E-state index contributed by atoms with van der Waals surface area (Å²) >= 11 is 1.70. The van der Waals surface area contributed by atoms with Crippen molar-refractivity contribution in [2.75, 3.05) is 32.2 Å².